The van der Waals surface area contributed by atoms with Crippen molar-refractivity contribution in [1.82, 2.24) is 0 Å². The topological polar surface area (TPSA) is 12.0 Å². The molecule has 0 aliphatic rings. The van der Waals surface area contributed by atoms with Crippen molar-refractivity contribution in [3.05, 3.63) is 48.7 Å². The first-order valence-corrected chi connectivity index (χ1v) is 5.90. The molecule has 0 amide bonds. The van der Waals surface area contributed by atoms with Crippen LogP contribution in [0.25, 0.3) is 6.08 Å². The first kappa shape index (κ1) is 12.6. The first-order chi connectivity index (χ1) is 7.76. The van der Waals surface area contributed by atoms with E-state index in [9.17, 15) is 0 Å². The zero-order valence-corrected chi connectivity index (χ0v) is 10.3. The highest BCUT2D eigenvalue weighted by Crippen LogP contribution is 2.27. The molecule has 0 saturated heterocycles. The van der Waals surface area contributed by atoms with Gasteiger partial charge in [0.25, 0.3) is 0 Å². The van der Waals surface area contributed by atoms with E-state index < -0.39 is 0 Å². The van der Waals surface area contributed by atoms with Crippen LogP contribution in [0.5, 0.6) is 0 Å². The SMILES string of the molecule is C=CNc1ccc(C(CC)CC)cc1C=C. The van der Waals surface area contributed by atoms with Crippen LogP contribution in [0.4, 0.5) is 5.69 Å². The lowest BCUT2D eigenvalue weighted by Crippen LogP contribution is -1.98. The van der Waals surface area contributed by atoms with Crippen LogP contribution < -0.4 is 5.32 Å². The second-order valence-electron chi connectivity index (χ2n) is 3.91. The van der Waals surface area contributed by atoms with Gasteiger partial charge in [-0.15, -0.1) is 0 Å². The molecule has 1 nitrogen and oxygen atoms in total. The Morgan fingerprint density at radius 3 is 2.44 bits per heavy atom. The van der Waals surface area contributed by atoms with Gasteiger partial charge in [0.15, 0.2) is 0 Å². The van der Waals surface area contributed by atoms with Crippen molar-refractivity contribution >= 4 is 11.8 Å². The van der Waals surface area contributed by atoms with Crippen molar-refractivity contribution in [2.75, 3.05) is 5.32 Å². The molecule has 1 N–H and O–H groups in total. The molecule has 86 valence electrons. The minimum Gasteiger partial charge on any atom is -0.362 e. The molecular formula is C15H21N. The minimum atomic E-state index is 0.650. The molecule has 1 rings (SSSR count). The van der Waals surface area contributed by atoms with Crippen LogP contribution >= 0.6 is 0 Å². The molecule has 1 aromatic carbocycles. The molecule has 0 aromatic heterocycles. The Morgan fingerprint density at radius 1 is 1.25 bits per heavy atom. The van der Waals surface area contributed by atoms with Gasteiger partial charge in [-0.3, -0.25) is 0 Å². The smallest absolute Gasteiger partial charge is 0.0453 e. The monoisotopic (exact) mass is 215 g/mol. The van der Waals surface area contributed by atoms with Crippen LogP contribution in [0.15, 0.2) is 37.6 Å². The average molecular weight is 215 g/mol. The number of rotatable bonds is 6. The van der Waals surface area contributed by atoms with Gasteiger partial charge in [-0.2, -0.15) is 0 Å². The summed E-state index contributed by atoms with van der Waals surface area (Å²) in [6.07, 6.45) is 5.94. The average Bonchev–Trinajstić information content (AvgIpc) is 2.32. The quantitative estimate of drug-likeness (QED) is 0.719. The molecular weight excluding hydrogens is 194 g/mol. The van der Waals surface area contributed by atoms with E-state index in [0.29, 0.717) is 5.92 Å². The predicted octanol–water partition coefficient (Wildman–Crippen LogP) is 4.79. The van der Waals surface area contributed by atoms with Crippen molar-refractivity contribution < 1.29 is 0 Å². The molecule has 1 heteroatoms. The molecule has 0 aliphatic carbocycles. The van der Waals surface area contributed by atoms with Gasteiger partial charge >= 0.3 is 0 Å². The first-order valence-electron chi connectivity index (χ1n) is 5.90. The van der Waals surface area contributed by atoms with E-state index in [-0.39, 0.29) is 0 Å². The Labute approximate surface area is 98.9 Å². The summed E-state index contributed by atoms with van der Waals surface area (Å²) in [6.45, 7) is 12.0. The molecule has 0 radical (unpaired) electrons. The minimum absolute atomic E-state index is 0.650. The summed E-state index contributed by atoms with van der Waals surface area (Å²) in [5.41, 5.74) is 3.61. The molecule has 0 bridgehead atoms. The fourth-order valence-corrected chi connectivity index (χ4v) is 2.01. The predicted molar refractivity (Wildman–Crippen MR) is 73.7 cm³/mol. The van der Waals surface area contributed by atoms with Crippen LogP contribution in [0, 0.1) is 0 Å². The maximum absolute atomic E-state index is 3.85. The van der Waals surface area contributed by atoms with Crippen molar-refractivity contribution in [3.8, 4) is 0 Å². The highest BCUT2D eigenvalue weighted by Gasteiger charge is 2.08. The molecule has 0 heterocycles. The molecule has 1 aromatic rings. The second kappa shape index (κ2) is 6.16. The normalized spacial score (nSPS) is 10.2. The van der Waals surface area contributed by atoms with Gasteiger partial charge in [-0.1, -0.05) is 39.1 Å². The third-order valence-electron chi connectivity index (χ3n) is 3.01. The van der Waals surface area contributed by atoms with Gasteiger partial charge in [0.1, 0.15) is 0 Å². The van der Waals surface area contributed by atoms with E-state index in [0.717, 1.165) is 11.3 Å². The van der Waals surface area contributed by atoms with E-state index in [2.05, 4.69) is 50.5 Å². The third-order valence-corrected chi connectivity index (χ3v) is 3.01. The van der Waals surface area contributed by atoms with E-state index in [1.165, 1.54) is 18.4 Å². The van der Waals surface area contributed by atoms with Crippen LogP contribution in [-0.4, -0.2) is 0 Å². The van der Waals surface area contributed by atoms with Crippen molar-refractivity contribution in [2.45, 2.75) is 32.6 Å². The van der Waals surface area contributed by atoms with Crippen molar-refractivity contribution in [2.24, 2.45) is 0 Å². The summed E-state index contributed by atoms with van der Waals surface area (Å²) in [4.78, 5) is 0. The molecule has 16 heavy (non-hydrogen) atoms. The van der Waals surface area contributed by atoms with E-state index in [1.807, 2.05) is 6.08 Å². The van der Waals surface area contributed by atoms with Crippen molar-refractivity contribution in [3.63, 3.8) is 0 Å². The van der Waals surface area contributed by atoms with Gasteiger partial charge in [0.05, 0.1) is 0 Å². The highest BCUT2D eigenvalue weighted by molar-refractivity contribution is 5.67. The zero-order valence-electron chi connectivity index (χ0n) is 10.3. The Balaban J connectivity index is 3.07. The molecule has 0 unspecified atom stereocenters. The molecule has 0 fully saturated rings. The fraction of sp³-hybridized carbons (Fsp3) is 0.333. The summed E-state index contributed by atoms with van der Waals surface area (Å²) < 4.78 is 0. The Hall–Kier alpha value is -1.50. The van der Waals surface area contributed by atoms with E-state index in [1.54, 1.807) is 6.20 Å². The largest absolute Gasteiger partial charge is 0.362 e. The van der Waals surface area contributed by atoms with E-state index in [4.69, 9.17) is 0 Å². The summed E-state index contributed by atoms with van der Waals surface area (Å²) >= 11 is 0. The lowest BCUT2D eigenvalue weighted by Gasteiger charge is -2.15. The van der Waals surface area contributed by atoms with Gasteiger partial charge in [0.2, 0.25) is 0 Å². The van der Waals surface area contributed by atoms with E-state index >= 15 is 0 Å². The number of hydrogen-bond donors (Lipinski definition) is 1. The summed E-state index contributed by atoms with van der Waals surface area (Å²) in [5, 5.41) is 3.12. The van der Waals surface area contributed by atoms with Crippen LogP contribution in [0.2, 0.25) is 0 Å². The molecule has 0 aliphatic heterocycles. The lowest BCUT2D eigenvalue weighted by atomic mass is 9.92. The Bertz CT molecular complexity index is 362. The Kier molecular flexibility index (Phi) is 4.84. The number of hydrogen-bond acceptors (Lipinski definition) is 1. The fourth-order valence-electron chi connectivity index (χ4n) is 2.01. The molecule has 0 spiro atoms. The van der Waals surface area contributed by atoms with Crippen molar-refractivity contribution in [1.29, 1.82) is 0 Å². The zero-order chi connectivity index (χ0) is 12.0. The second-order valence-corrected chi connectivity index (χ2v) is 3.91. The maximum Gasteiger partial charge on any atom is 0.0453 e. The lowest BCUT2D eigenvalue weighted by molar-refractivity contribution is 0.642. The van der Waals surface area contributed by atoms with Gasteiger partial charge in [0, 0.05) is 5.69 Å². The number of nitrogens with one attached hydrogen (secondary N) is 1. The summed E-state index contributed by atoms with van der Waals surface area (Å²) in [5.74, 6) is 0.650. The summed E-state index contributed by atoms with van der Waals surface area (Å²) in [6, 6.07) is 6.51. The van der Waals surface area contributed by atoms with Crippen LogP contribution in [-0.2, 0) is 0 Å². The van der Waals surface area contributed by atoms with Gasteiger partial charge in [-0.25, -0.2) is 0 Å². The number of benzene rings is 1. The Morgan fingerprint density at radius 2 is 1.94 bits per heavy atom. The third kappa shape index (κ3) is 2.75. The summed E-state index contributed by atoms with van der Waals surface area (Å²) in [7, 11) is 0. The molecule has 0 atom stereocenters. The highest BCUT2D eigenvalue weighted by atomic mass is 14.8. The standard InChI is InChI=1S/C15H21N/c1-5-12(6-2)14-9-10-15(16-8-4)13(7-3)11-14/h7-12,16H,3-6H2,1-2H3. The van der Waals surface area contributed by atoms with Gasteiger partial charge < -0.3 is 5.32 Å². The maximum atomic E-state index is 3.85. The number of anilines is 1. The van der Waals surface area contributed by atoms with Gasteiger partial charge in [-0.05, 0) is 48.2 Å². The van der Waals surface area contributed by atoms with Crippen LogP contribution in [0.1, 0.15) is 43.7 Å². The molecule has 0 saturated carbocycles. The van der Waals surface area contributed by atoms with Crippen LogP contribution in [0.3, 0.4) is 0 Å².